The van der Waals surface area contributed by atoms with Crippen molar-refractivity contribution in [3.63, 3.8) is 0 Å². The molecule has 1 atom stereocenters. The number of carbonyl (C=O) groups is 1. The molecule has 3 nitrogen and oxygen atoms in total. The molecule has 1 aliphatic heterocycles. The minimum Gasteiger partial charge on any atom is -0.341 e. The van der Waals surface area contributed by atoms with Gasteiger partial charge in [-0.3, -0.25) is 4.79 Å². The molecule has 110 valence electrons. The van der Waals surface area contributed by atoms with Crippen molar-refractivity contribution in [2.75, 3.05) is 20.1 Å². The van der Waals surface area contributed by atoms with Crippen LogP contribution in [-0.2, 0) is 11.3 Å². The SMILES string of the molecule is CCC1(C(=O)N(C)Cc2ccccc2Br)CCCNC1. The molecule has 0 bridgehead atoms. The van der Waals surface area contributed by atoms with Crippen LogP contribution in [0.5, 0.6) is 0 Å². The molecule has 0 radical (unpaired) electrons. The molecule has 1 unspecified atom stereocenters. The fraction of sp³-hybridized carbons (Fsp3) is 0.562. The maximum Gasteiger partial charge on any atom is 0.230 e. The van der Waals surface area contributed by atoms with E-state index in [0.717, 1.165) is 42.4 Å². The van der Waals surface area contributed by atoms with Crippen LogP contribution in [0.15, 0.2) is 28.7 Å². The Morgan fingerprint density at radius 1 is 1.45 bits per heavy atom. The Hall–Kier alpha value is -0.870. The highest BCUT2D eigenvalue weighted by atomic mass is 79.9. The Balaban J connectivity index is 2.10. The van der Waals surface area contributed by atoms with Crippen molar-refractivity contribution in [3.05, 3.63) is 34.3 Å². The van der Waals surface area contributed by atoms with Gasteiger partial charge in [0, 0.05) is 24.6 Å². The van der Waals surface area contributed by atoms with Gasteiger partial charge in [-0.2, -0.15) is 0 Å². The van der Waals surface area contributed by atoms with Crippen LogP contribution in [0.3, 0.4) is 0 Å². The van der Waals surface area contributed by atoms with E-state index in [1.165, 1.54) is 0 Å². The van der Waals surface area contributed by atoms with E-state index in [9.17, 15) is 4.79 Å². The topological polar surface area (TPSA) is 32.3 Å². The van der Waals surface area contributed by atoms with Gasteiger partial charge < -0.3 is 10.2 Å². The van der Waals surface area contributed by atoms with Gasteiger partial charge in [-0.1, -0.05) is 41.1 Å². The summed E-state index contributed by atoms with van der Waals surface area (Å²) in [5, 5.41) is 3.38. The van der Waals surface area contributed by atoms with Crippen LogP contribution < -0.4 is 5.32 Å². The van der Waals surface area contributed by atoms with E-state index in [-0.39, 0.29) is 11.3 Å². The van der Waals surface area contributed by atoms with Crippen LogP contribution >= 0.6 is 15.9 Å². The smallest absolute Gasteiger partial charge is 0.230 e. The number of hydrogen-bond acceptors (Lipinski definition) is 2. The summed E-state index contributed by atoms with van der Waals surface area (Å²) < 4.78 is 1.06. The summed E-state index contributed by atoms with van der Waals surface area (Å²) in [5.74, 6) is 0.267. The van der Waals surface area contributed by atoms with Gasteiger partial charge in [-0.15, -0.1) is 0 Å². The molecule has 1 fully saturated rings. The maximum absolute atomic E-state index is 12.8. The van der Waals surface area contributed by atoms with Crippen LogP contribution in [0, 0.1) is 5.41 Å². The lowest BCUT2D eigenvalue weighted by atomic mass is 9.77. The predicted molar refractivity (Wildman–Crippen MR) is 85.4 cm³/mol. The summed E-state index contributed by atoms with van der Waals surface area (Å²) in [6.07, 6.45) is 2.98. The van der Waals surface area contributed by atoms with Gasteiger partial charge in [0.15, 0.2) is 0 Å². The second-order valence-electron chi connectivity index (χ2n) is 5.67. The Morgan fingerprint density at radius 2 is 2.20 bits per heavy atom. The number of rotatable bonds is 4. The normalized spacial score (nSPS) is 22.6. The van der Waals surface area contributed by atoms with E-state index in [4.69, 9.17) is 0 Å². The molecule has 2 rings (SSSR count). The zero-order valence-corrected chi connectivity index (χ0v) is 13.9. The molecule has 1 heterocycles. The highest BCUT2D eigenvalue weighted by Gasteiger charge is 2.39. The van der Waals surface area contributed by atoms with Gasteiger partial charge in [0.1, 0.15) is 0 Å². The molecular formula is C16H23BrN2O. The van der Waals surface area contributed by atoms with Crippen LogP contribution in [-0.4, -0.2) is 30.9 Å². The lowest BCUT2D eigenvalue weighted by Crippen LogP contribution is -2.50. The number of carbonyl (C=O) groups excluding carboxylic acids is 1. The third kappa shape index (κ3) is 3.23. The summed E-state index contributed by atoms with van der Waals surface area (Å²) in [6.45, 7) is 4.62. The second-order valence-corrected chi connectivity index (χ2v) is 6.52. The average molecular weight is 339 g/mol. The number of hydrogen-bond donors (Lipinski definition) is 1. The molecule has 1 aromatic rings. The summed E-state index contributed by atoms with van der Waals surface area (Å²) in [7, 11) is 1.91. The molecule has 0 aromatic heterocycles. The van der Waals surface area contributed by atoms with Crippen molar-refractivity contribution in [3.8, 4) is 0 Å². The van der Waals surface area contributed by atoms with Crippen LogP contribution in [0.1, 0.15) is 31.7 Å². The van der Waals surface area contributed by atoms with Crippen molar-refractivity contribution in [1.29, 1.82) is 0 Å². The first-order chi connectivity index (χ1) is 9.59. The van der Waals surface area contributed by atoms with Crippen molar-refractivity contribution in [2.24, 2.45) is 5.41 Å². The predicted octanol–water partition coefficient (Wildman–Crippen LogP) is 3.19. The molecule has 1 aromatic carbocycles. The molecule has 1 N–H and O–H groups in total. The third-order valence-electron chi connectivity index (χ3n) is 4.31. The number of piperidine rings is 1. The average Bonchev–Trinajstić information content (AvgIpc) is 2.49. The molecule has 4 heteroatoms. The summed E-state index contributed by atoms with van der Waals surface area (Å²) >= 11 is 3.55. The molecule has 1 aliphatic rings. The number of halogens is 1. The monoisotopic (exact) mass is 338 g/mol. The standard InChI is InChI=1S/C16H23BrN2O/c1-3-16(9-6-10-18-12-16)15(20)19(2)11-13-7-4-5-8-14(13)17/h4-5,7-8,18H,3,6,9-12H2,1-2H3. The molecule has 0 saturated carbocycles. The lowest BCUT2D eigenvalue weighted by molar-refractivity contribution is -0.142. The minimum atomic E-state index is -0.214. The summed E-state index contributed by atoms with van der Waals surface area (Å²) in [5.41, 5.74) is 0.937. The fourth-order valence-corrected chi connectivity index (χ4v) is 3.37. The first-order valence-electron chi connectivity index (χ1n) is 7.29. The fourth-order valence-electron chi connectivity index (χ4n) is 2.96. The largest absolute Gasteiger partial charge is 0.341 e. The van der Waals surface area contributed by atoms with Gasteiger partial charge in [-0.25, -0.2) is 0 Å². The van der Waals surface area contributed by atoms with Crippen LogP contribution in [0.4, 0.5) is 0 Å². The first-order valence-corrected chi connectivity index (χ1v) is 8.08. The van der Waals surface area contributed by atoms with Crippen molar-refractivity contribution >= 4 is 21.8 Å². The van der Waals surface area contributed by atoms with E-state index in [1.807, 2.05) is 30.1 Å². The molecule has 1 saturated heterocycles. The number of nitrogens with one attached hydrogen (secondary N) is 1. The number of amides is 1. The van der Waals surface area contributed by atoms with Gasteiger partial charge in [0.05, 0.1) is 5.41 Å². The Labute approximate surface area is 129 Å². The van der Waals surface area contributed by atoms with Gasteiger partial charge in [0.2, 0.25) is 5.91 Å². The van der Waals surface area contributed by atoms with Crippen LogP contribution in [0.25, 0.3) is 0 Å². The van der Waals surface area contributed by atoms with Gasteiger partial charge >= 0.3 is 0 Å². The Morgan fingerprint density at radius 3 is 2.80 bits per heavy atom. The van der Waals surface area contributed by atoms with E-state index in [1.54, 1.807) is 0 Å². The number of nitrogens with zero attached hydrogens (tertiary/aromatic N) is 1. The van der Waals surface area contributed by atoms with E-state index < -0.39 is 0 Å². The van der Waals surface area contributed by atoms with Crippen molar-refractivity contribution in [1.82, 2.24) is 10.2 Å². The quantitative estimate of drug-likeness (QED) is 0.914. The molecule has 0 spiro atoms. The van der Waals surface area contributed by atoms with E-state index >= 15 is 0 Å². The third-order valence-corrected chi connectivity index (χ3v) is 5.09. The molecular weight excluding hydrogens is 316 g/mol. The highest BCUT2D eigenvalue weighted by molar-refractivity contribution is 9.10. The minimum absolute atomic E-state index is 0.214. The molecule has 20 heavy (non-hydrogen) atoms. The lowest BCUT2D eigenvalue weighted by Gasteiger charge is -2.38. The second kappa shape index (κ2) is 6.72. The van der Waals surface area contributed by atoms with Gasteiger partial charge in [-0.05, 0) is 37.4 Å². The van der Waals surface area contributed by atoms with Gasteiger partial charge in [0.25, 0.3) is 0 Å². The van der Waals surface area contributed by atoms with Crippen molar-refractivity contribution in [2.45, 2.75) is 32.7 Å². The van der Waals surface area contributed by atoms with E-state index in [0.29, 0.717) is 6.54 Å². The summed E-state index contributed by atoms with van der Waals surface area (Å²) in [6, 6.07) is 8.08. The number of benzene rings is 1. The first kappa shape index (κ1) is 15.5. The zero-order chi connectivity index (χ0) is 14.6. The highest BCUT2D eigenvalue weighted by Crippen LogP contribution is 2.32. The molecule has 0 aliphatic carbocycles. The van der Waals surface area contributed by atoms with E-state index in [2.05, 4.69) is 34.2 Å². The maximum atomic E-state index is 12.8. The zero-order valence-electron chi connectivity index (χ0n) is 12.3. The summed E-state index contributed by atoms with van der Waals surface area (Å²) in [4.78, 5) is 14.7. The van der Waals surface area contributed by atoms with Crippen molar-refractivity contribution < 1.29 is 4.79 Å². The van der Waals surface area contributed by atoms with Crippen LogP contribution in [0.2, 0.25) is 0 Å². The Kier molecular flexibility index (Phi) is 5.22. The molecule has 1 amide bonds. The Bertz CT molecular complexity index is 469.